The summed E-state index contributed by atoms with van der Waals surface area (Å²) in [5.74, 6) is 1.01. The van der Waals surface area contributed by atoms with Gasteiger partial charge in [0.1, 0.15) is 0 Å². The van der Waals surface area contributed by atoms with Crippen LogP contribution in [0.3, 0.4) is 0 Å². The summed E-state index contributed by atoms with van der Waals surface area (Å²) in [7, 11) is 0. The lowest BCUT2D eigenvalue weighted by molar-refractivity contribution is -0.122. The minimum Gasteiger partial charge on any atom is -0.352 e. The monoisotopic (exact) mass is 339 g/mol. The second-order valence-electron chi connectivity index (χ2n) is 6.29. The van der Waals surface area contributed by atoms with Crippen molar-refractivity contribution in [2.75, 3.05) is 44.2 Å². The molecule has 0 unspecified atom stereocenters. The molecule has 1 saturated heterocycles. The van der Waals surface area contributed by atoms with Crippen LogP contribution in [0.4, 0.5) is 5.95 Å². The van der Waals surface area contributed by atoms with Crippen molar-refractivity contribution in [3.8, 4) is 5.69 Å². The van der Waals surface area contributed by atoms with E-state index in [9.17, 15) is 4.79 Å². The van der Waals surface area contributed by atoms with E-state index in [2.05, 4.69) is 62.4 Å². The van der Waals surface area contributed by atoms with Gasteiger partial charge in [-0.15, -0.1) is 6.58 Å². The first-order chi connectivity index (χ1) is 12.2. The summed E-state index contributed by atoms with van der Waals surface area (Å²) in [6, 6.07) is 8.44. The molecule has 1 aliphatic rings. The molecule has 1 aromatic carbocycles. The fraction of sp³-hybridized carbons (Fsp3) is 0.368. The maximum Gasteiger partial charge on any atom is 0.234 e. The Balaban J connectivity index is 1.60. The number of carbonyl (C=O) groups is 1. The van der Waals surface area contributed by atoms with Crippen molar-refractivity contribution in [1.82, 2.24) is 19.8 Å². The fourth-order valence-corrected chi connectivity index (χ4v) is 2.99. The Kier molecular flexibility index (Phi) is 5.50. The van der Waals surface area contributed by atoms with Crippen LogP contribution < -0.4 is 10.2 Å². The molecule has 25 heavy (non-hydrogen) atoms. The smallest absolute Gasteiger partial charge is 0.234 e. The third kappa shape index (κ3) is 4.28. The standard InChI is InChI=1S/C19H25N5O/c1-3-8-20-18(25)15-22-11-13-23(14-12-22)19-21-9-10-24(19)17-6-4-16(2)5-7-17/h3-7,9-10H,1,8,11-15H2,2H3,(H,20,25). The first-order valence-corrected chi connectivity index (χ1v) is 8.62. The van der Waals surface area contributed by atoms with Crippen molar-refractivity contribution >= 4 is 11.9 Å². The van der Waals surface area contributed by atoms with E-state index in [-0.39, 0.29) is 5.91 Å². The fourth-order valence-electron chi connectivity index (χ4n) is 2.99. The van der Waals surface area contributed by atoms with Gasteiger partial charge in [-0.05, 0) is 19.1 Å². The molecule has 0 bridgehead atoms. The van der Waals surface area contributed by atoms with Gasteiger partial charge in [0.2, 0.25) is 11.9 Å². The average Bonchev–Trinajstić information content (AvgIpc) is 3.11. The van der Waals surface area contributed by atoms with Crippen LogP contribution >= 0.6 is 0 Å². The second kappa shape index (κ2) is 7.98. The molecule has 0 saturated carbocycles. The van der Waals surface area contributed by atoms with Gasteiger partial charge >= 0.3 is 0 Å². The highest BCUT2D eigenvalue weighted by Crippen LogP contribution is 2.20. The molecule has 6 heteroatoms. The first-order valence-electron chi connectivity index (χ1n) is 8.62. The zero-order valence-corrected chi connectivity index (χ0v) is 14.7. The molecule has 1 fully saturated rings. The van der Waals surface area contributed by atoms with Gasteiger partial charge in [-0.25, -0.2) is 4.98 Å². The van der Waals surface area contributed by atoms with Crippen molar-refractivity contribution in [3.63, 3.8) is 0 Å². The number of hydrogen-bond donors (Lipinski definition) is 1. The summed E-state index contributed by atoms with van der Waals surface area (Å²) >= 11 is 0. The molecule has 2 aromatic rings. The topological polar surface area (TPSA) is 53.4 Å². The molecular formula is C19H25N5O. The Hall–Kier alpha value is -2.60. The minimum atomic E-state index is 0.0505. The maximum atomic E-state index is 11.8. The van der Waals surface area contributed by atoms with E-state index in [1.807, 2.05) is 12.4 Å². The van der Waals surface area contributed by atoms with E-state index in [0.717, 1.165) is 37.8 Å². The molecule has 1 aromatic heterocycles. The van der Waals surface area contributed by atoms with Gasteiger partial charge in [-0.1, -0.05) is 23.8 Å². The minimum absolute atomic E-state index is 0.0505. The predicted molar refractivity (Wildman–Crippen MR) is 100 cm³/mol. The Labute approximate surface area is 148 Å². The van der Waals surface area contributed by atoms with Crippen molar-refractivity contribution in [3.05, 3.63) is 54.9 Å². The number of hydrogen-bond acceptors (Lipinski definition) is 4. The Morgan fingerprint density at radius 1 is 1.24 bits per heavy atom. The lowest BCUT2D eigenvalue weighted by atomic mass is 10.2. The number of aromatic nitrogens is 2. The lowest BCUT2D eigenvalue weighted by Gasteiger charge is -2.35. The zero-order chi connectivity index (χ0) is 17.6. The molecule has 0 atom stereocenters. The number of nitrogens with zero attached hydrogens (tertiary/aromatic N) is 4. The van der Waals surface area contributed by atoms with Crippen molar-refractivity contribution in [2.45, 2.75) is 6.92 Å². The highest BCUT2D eigenvalue weighted by Gasteiger charge is 2.22. The number of amides is 1. The van der Waals surface area contributed by atoms with Crippen LogP contribution in [0.5, 0.6) is 0 Å². The van der Waals surface area contributed by atoms with E-state index in [1.54, 1.807) is 6.08 Å². The van der Waals surface area contributed by atoms with Gasteiger partial charge in [0.25, 0.3) is 0 Å². The summed E-state index contributed by atoms with van der Waals surface area (Å²) in [4.78, 5) is 20.8. The number of nitrogens with one attached hydrogen (secondary N) is 1. The number of anilines is 1. The third-order valence-electron chi connectivity index (χ3n) is 4.40. The molecule has 0 radical (unpaired) electrons. The first kappa shape index (κ1) is 17.2. The predicted octanol–water partition coefficient (Wildman–Crippen LogP) is 1.60. The highest BCUT2D eigenvalue weighted by molar-refractivity contribution is 5.78. The number of piperazine rings is 1. The molecule has 1 amide bonds. The molecule has 0 aliphatic carbocycles. The molecule has 1 aliphatic heterocycles. The summed E-state index contributed by atoms with van der Waals surface area (Å²) in [6.07, 6.45) is 5.53. The van der Waals surface area contributed by atoms with Crippen LogP contribution in [0.2, 0.25) is 0 Å². The molecule has 6 nitrogen and oxygen atoms in total. The van der Waals surface area contributed by atoms with Gasteiger partial charge in [0.05, 0.1) is 6.54 Å². The second-order valence-corrected chi connectivity index (χ2v) is 6.29. The number of benzene rings is 1. The summed E-state index contributed by atoms with van der Waals surface area (Å²) in [5, 5.41) is 2.82. The summed E-state index contributed by atoms with van der Waals surface area (Å²) in [5.41, 5.74) is 2.36. The molecule has 3 rings (SSSR count). The highest BCUT2D eigenvalue weighted by atomic mass is 16.2. The molecular weight excluding hydrogens is 314 g/mol. The van der Waals surface area contributed by atoms with Gasteiger partial charge in [-0.3, -0.25) is 14.3 Å². The van der Waals surface area contributed by atoms with Crippen LogP contribution in [0.25, 0.3) is 5.69 Å². The Morgan fingerprint density at radius 3 is 2.64 bits per heavy atom. The largest absolute Gasteiger partial charge is 0.352 e. The number of carbonyl (C=O) groups excluding carboxylic acids is 1. The summed E-state index contributed by atoms with van der Waals surface area (Å²) < 4.78 is 2.12. The van der Waals surface area contributed by atoms with Crippen LogP contribution in [0.1, 0.15) is 5.56 Å². The normalized spacial score (nSPS) is 15.2. The van der Waals surface area contributed by atoms with Crippen LogP contribution in [-0.4, -0.2) is 59.6 Å². The lowest BCUT2D eigenvalue weighted by Crippen LogP contribution is -2.50. The zero-order valence-electron chi connectivity index (χ0n) is 14.7. The molecule has 132 valence electrons. The Bertz CT molecular complexity index is 714. The van der Waals surface area contributed by atoms with E-state index >= 15 is 0 Å². The van der Waals surface area contributed by atoms with E-state index in [1.165, 1.54) is 5.56 Å². The van der Waals surface area contributed by atoms with Crippen LogP contribution in [0, 0.1) is 6.92 Å². The van der Waals surface area contributed by atoms with E-state index < -0.39 is 0 Å². The van der Waals surface area contributed by atoms with Crippen LogP contribution in [0.15, 0.2) is 49.3 Å². The third-order valence-corrected chi connectivity index (χ3v) is 4.40. The molecule has 0 spiro atoms. The number of aryl methyl sites for hydroxylation is 1. The summed E-state index contributed by atoms with van der Waals surface area (Å²) in [6.45, 7) is 10.1. The van der Waals surface area contributed by atoms with Crippen molar-refractivity contribution < 1.29 is 4.79 Å². The van der Waals surface area contributed by atoms with Crippen LogP contribution in [-0.2, 0) is 4.79 Å². The van der Waals surface area contributed by atoms with Crippen molar-refractivity contribution in [1.29, 1.82) is 0 Å². The molecule has 2 heterocycles. The number of rotatable bonds is 6. The van der Waals surface area contributed by atoms with E-state index in [4.69, 9.17) is 0 Å². The molecule has 1 N–H and O–H groups in total. The quantitative estimate of drug-likeness (QED) is 0.813. The number of imidazole rings is 1. The van der Waals surface area contributed by atoms with Gasteiger partial charge in [-0.2, -0.15) is 0 Å². The SMILES string of the molecule is C=CCNC(=O)CN1CCN(c2nccn2-c2ccc(C)cc2)CC1. The van der Waals surface area contributed by atoms with Gasteiger partial charge in [0.15, 0.2) is 0 Å². The Morgan fingerprint density at radius 2 is 1.96 bits per heavy atom. The van der Waals surface area contributed by atoms with Gasteiger partial charge < -0.3 is 10.2 Å². The average molecular weight is 339 g/mol. The van der Waals surface area contributed by atoms with Crippen molar-refractivity contribution in [2.24, 2.45) is 0 Å². The maximum absolute atomic E-state index is 11.8. The van der Waals surface area contributed by atoms with Gasteiger partial charge in [0, 0.05) is 50.8 Å². The van der Waals surface area contributed by atoms with E-state index in [0.29, 0.717) is 13.1 Å².